The first-order valence-corrected chi connectivity index (χ1v) is 5.65. The van der Waals surface area contributed by atoms with E-state index >= 15 is 0 Å². The number of hydrogen-bond donors (Lipinski definition) is 1. The van der Waals surface area contributed by atoms with E-state index in [2.05, 4.69) is 14.9 Å². The predicted octanol–water partition coefficient (Wildman–Crippen LogP) is 2.36. The van der Waals surface area contributed by atoms with Crippen molar-refractivity contribution in [1.82, 2.24) is 10.1 Å². The number of rotatable bonds is 6. The molecule has 1 aromatic heterocycles. The highest BCUT2D eigenvalue weighted by molar-refractivity contribution is 5.67. The Balaban J connectivity index is 2.21. The third-order valence-corrected chi connectivity index (χ3v) is 2.36. The van der Waals surface area contributed by atoms with Crippen LogP contribution < -0.4 is 4.74 Å². The van der Waals surface area contributed by atoms with Crippen molar-refractivity contribution >= 4 is 5.97 Å². The third kappa shape index (κ3) is 3.50. The summed E-state index contributed by atoms with van der Waals surface area (Å²) < 4.78 is 33.8. The second-order valence-corrected chi connectivity index (χ2v) is 3.78. The highest BCUT2D eigenvalue weighted by Gasteiger charge is 2.16. The molecule has 2 aromatic rings. The standard InChI is InChI=1S/C12H10F2N2O4/c13-12(14)19-8-4-2-1-3-7(8)11-15-9(20-16-11)5-6-10(17)18/h1-4,12H,5-6H2,(H,17,18). The van der Waals surface area contributed by atoms with Crippen LogP contribution in [0.2, 0.25) is 0 Å². The zero-order valence-electron chi connectivity index (χ0n) is 10.1. The van der Waals surface area contributed by atoms with E-state index in [0.717, 1.165) is 0 Å². The monoisotopic (exact) mass is 284 g/mol. The molecule has 0 fully saturated rings. The largest absolute Gasteiger partial charge is 0.481 e. The van der Waals surface area contributed by atoms with E-state index in [9.17, 15) is 13.6 Å². The zero-order valence-corrected chi connectivity index (χ0v) is 10.1. The van der Waals surface area contributed by atoms with Crippen LogP contribution in [-0.4, -0.2) is 27.8 Å². The fraction of sp³-hybridized carbons (Fsp3) is 0.250. The van der Waals surface area contributed by atoms with Gasteiger partial charge in [0, 0.05) is 6.42 Å². The summed E-state index contributed by atoms with van der Waals surface area (Å²) in [4.78, 5) is 14.4. The minimum absolute atomic E-state index is 0.0696. The summed E-state index contributed by atoms with van der Waals surface area (Å²) in [7, 11) is 0. The maximum Gasteiger partial charge on any atom is 0.387 e. The van der Waals surface area contributed by atoms with Crippen LogP contribution in [0, 0.1) is 0 Å². The molecule has 0 radical (unpaired) electrons. The van der Waals surface area contributed by atoms with Crippen molar-refractivity contribution in [1.29, 1.82) is 0 Å². The number of aliphatic carboxylic acids is 1. The number of aryl methyl sites for hydroxylation is 1. The predicted molar refractivity (Wildman–Crippen MR) is 62.3 cm³/mol. The first-order valence-electron chi connectivity index (χ1n) is 5.65. The molecule has 1 aromatic carbocycles. The van der Waals surface area contributed by atoms with Crippen molar-refractivity contribution in [2.45, 2.75) is 19.5 Å². The molecule has 8 heteroatoms. The maximum absolute atomic E-state index is 12.3. The number of carbonyl (C=O) groups is 1. The molecule has 0 spiro atoms. The second kappa shape index (κ2) is 6.09. The number of aromatic nitrogens is 2. The lowest BCUT2D eigenvalue weighted by Gasteiger charge is -2.07. The van der Waals surface area contributed by atoms with Crippen LogP contribution in [0.15, 0.2) is 28.8 Å². The van der Waals surface area contributed by atoms with Crippen LogP contribution in [0.3, 0.4) is 0 Å². The average molecular weight is 284 g/mol. The van der Waals surface area contributed by atoms with Gasteiger partial charge in [0.1, 0.15) is 5.75 Å². The highest BCUT2D eigenvalue weighted by Crippen LogP contribution is 2.28. The van der Waals surface area contributed by atoms with E-state index < -0.39 is 12.6 Å². The summed E-state index contributed by atoms with van der Waals surface area (Å²) in [5, 5.41) is 12.2. The molecule has 0 aliphatic rings. The van der Waals surface area contributed by atoms with Crippen molar-refractivity contribution < 1.29 is 27.9 Å². The van der Waals surface area contributed by atoms with Crippen molar-refractivity contribution in [2.75, 3.05) is 0 Å². The fourth-order valence-electron chi connectivity index (χ4n) is 1.53. The first-order chi connectivity index (χ1) is 9.56. The van der Waals surface area contributed by atoms with Gasteiger partial charge in [-0.3, -0.25) is 4.79 Å². The molecule has 0 unspecified atom stereocenters. The number of ether oxygens (including phenoxy) is 1. The Bertz CT molecular complexity index is 601. The number of hydrogen-bond acceptors (Lipinski definition) is 5. The van der Waals surface area contributed by atoms with Crippen molar-refractivity contribution in [3.63, 3.8) is 0 Å². The number of carboxylic acids is 1. The van der Waals surface area contributed by atoms with Crippen molar-refractivity contribution in [3.8, 4) is 17.1 Å². The van der Waals surface area contributed by atoms with Crippen LogP contribution in [0.5, 0.6) is 5.75 Å². The lowest BCUT2D eigenvalue weighted by atomic mass is 10.2. The Hall–Kier alpha value is -2.51. The number of benzene rings is 1. The number of alkyl halides is 2. The molecule has 0 saturated heterocycles. The number of para-hydroxylation sites is 1. The molecule has 0 amide bonds. The van der Waals surface area contributed by atoms with Gasteiger partial charge in [-0.15, -0.1) is 0 Å². The van der Waals surface area contributed by atoms with Gasteiger partial charge in [0.05, 0.1) is 12.0 Å². The van der Waals surface area contributed by atoms with E-state index in [1.165, 1.54) is 18.2 Å². The maximum atomic E-state index is 12.3. The molecular formula is C12H10F2N2O4. The van der Waals surface area contributed by atoms with E-state index in [0.29, 0.717) is 0 Å². The van der Waals surface area contributed by atoms with Gasteiger partial charge >= 0.3 is 12.6 Å². The quantitative estimate of drug-likeness (QED) is 0.876. The molecule has 6 nitrogen and oxygen atoms in total. The van der Waals surface area contributed by atoms with Gasteiger partial charge in [0.15, 0.2) is 0 Å². The number of halogens is 2. The smallest absolute Gasteiger partial charge is 0.387 e. The molecule has 0 aliphatic carbocycles. The Morgan fingerprint density at radius 1 is 1.40 bits per heavy atom. The van der Waals surface area contributed by atoms with Gasteiger partial charge in [0.2, 0.25) is 11.7 Å². The van der Waals surface area contributed by atoms with E-state index in [1.807, 2.05) is 0 Å². The van der Waals surface area contributed by atoms with Crippen LogP contribution in [0.4, 0.5) is 8.78 Å². The summed E-state index contributed by atoms with van der Waals surface area (Å²) in [5.41, 5.74) is 0.248. The second-order valence-electron chi connectivity index (χ2n) is 3.78. The molecule has 0 saturated carbocycles. The molecule has 0 bridgehead atoms. The fourth-order valence-corrected chi connectivity index (χ4v) is 1.53. The van der Waals surface area contributed by atoms with E-state index in [-0.39, 0.29) is 35.9 Å². The molecule has 1 N–H and O–H groups in total. The minimum Gasteiger partial charge on any atom is -0.481 e. The normalized spacial score (nSPS) is 10.8. The molecule has 2 rings (SSSR count). The van der Waals surface area contributed by atoms with Gasteiger partial charge in [-0.2, -0.15) is 13.8 Å². The topological polar surface area (TPSA) is 85.5 Å². The van der Waals surface area contributed by atoms with Crippen LogP contribution in [0.25, 0.3) is 11.4 Å². The van der Waals surface area contributed by atoms with Crippen molar-refractivity contribution in [2.24, 2.45) is 0 Å². The summed E-state index contributed by atoms with van der Waals surface area (Å²) >= 11 is 0. The van der Waals surface area contributed by atoms with Crippen LogP contribution >= 0.6 is 0 Å². The molecule has 0 aliphatic heterocycles. The summed E-state index contributed by atoms with van der Waals surface area (Å²) in [6.45, 7) is -2.96. The van der Waals surface area contributed by atoms with Crippen LogP contribution in [-0.2, 0) is 11.2 Å². The first kappa shape index (κ1) is 13.9. The number of nitrogens with zero attached hydrogens (tertiary/aromatic N) is 2. The van der Waals surface area contributed by atoms with Gasteiger partial charge in [-0.1, -0.05) is 17.3 Å². The van der Waals surface area contributed by atoms with Gasteiger partial charge < -0.3 is 14.4 Å². The van der Waals surface area contributed by atoms with Crippen molar-refractivity contribution in [3.05, 3.63) is 30.2 Å². The van der Waals surface area contributed by atoms with Gasteiger partial charge in [-0.25, -0.2) is 0 Å². The summed E-state index contributed by atoms with van der Waals surface area (Å²) in [5.74, 6) is -0.879. The van der Waals surface area contributed by atoms with Gasteiger partial charge in [-0.05, 0) is 12.1 Å². The summed E-state index contributed by atoms with van der Waals surface area (Å²) in [6.07, 6.45) is -0.0863. The van der Waals surface area contributed by atoms with E-state index in [4.69, 9.17) is 9.63 Å². The lowest BCUT2D eigenvalue weighted by Crippen LogP contribution is -2.03. The molecule has 0 atom stereocenters. The average Bonchev–Trinajstić information content (AvgIpc) is 2.85. The minimum atomic E-state index is -2.96. The van der Waals surface area contributed by atoms with Crippen LogP contribution in [0.1, 0.15) is 12.3 Å². The van der Waals surface area contributed by atoms with Gasteiger partial charge in [0.25, 0.3) is 0 Å². The Labute approximate surface area is 112 Å². The summed E-state index contributed by atoms with van der Waals surface area (Å²) in [6, 6.07) is 6.01. The van der Waals surface area contributed by atoms with E-state index in [1.54, 1.807) is 6.07 Å². The lowest BCUT2D eigenvalue weighted by molar-refractivity contribution is -0.137. The molecule has 20 heavy (non-hydrogen) atoms. The Morgan fingerprint density at radius 3 is 2.85 bits per heavy atom. The Morgan fingerprint density at radius 2 is 2.15 bits per heavy atom. The molecule has 1 heterocycles. The third-order valence-electron chi connectivity index (χ3n) is 2.36. The SMILES string of the molecule is O=C(O)CCc1nc(-c2ccccc2OC(F)F)no1. The number of carboxylic acid groups (broad SMARTS) is 1. The highest BCUT2D eigenvalue weighted by atomic mass is 19.3. The zero-order chi connectivity index (χ0) is 14.5. The molecule has 106 valence electrons. The Kier molecular flexibility index (Phi) is 4.24. The molecular weight excluding hydrogens is 274 g/mol.